The minimum absolute atomic E-state index is 0.158. The van der Waals surface area contributed by atoms with E-state index < -0.39 is 11.7 Å². The first-order chi connectivity index (χ1) is 20.8. The highest BCUT2D eigenvalue weighted by molar-refractivity contribution is 6.08. The molecule has 1 saturated heterocycles. The third kappa shape index (κ3) is 7.81. The Morgan fingerprint density at radius 3 is 2.14 bits per heavy atom. The summed E-state index contributed by atoms with van der Waals surface area (Å²) < 4.78 is 50.1. The summed E-state index contributed by atoms with van der Waals surface area (Å²) in [4.78, 5) is 15.5. The van der Waals surface area contributed by atoms with Gasteiger partial charge in [0, 0.05) is 43.2 Å². The smallest absolute Gasteiger partial charge is 0.382 e. The largest absolute Gasteiger partial charge is 0.416 e. The fourth-order valence-corrected chi connectivity index (χ4v) is 5.30. The molecule has 5 rings (SSSR count). The summed E-state index contributed by atoms with van der Waals surface area (Å²) in [6.45, 7) is 1.96. The highest BCUT2D eigenvalue weighted by Crippen LogP contribution is 2.32. The lowest BCUT2D eigenvalue weighted by atomic mass is 9.98. The molecule has 1 aliphatic heterocycles. The van der Waals surface area contributed by atoms with Gasteiger partial charge in [-0.1, -0.05) is 60.7 Å². The van der Waals surface area contributed by atoms with Gasteiger partial charge in [-0.05, 0) is 72.0 Å². The van der Waals surface area contributed by atoms with Gasteiger partial charge in [0.05, 0.1) is 5.56 Å². The molecular formula is C34H34F3N3O3. The van der Waals surface area contributed by atoms with Crippen LogP contribution < -0.4 is 10.6 Å². The minimum Gasteiger partial charge on any atom is -0.382 e. The summed E-state index contributed by atoms with van der Waals surface area (Å²) in [5.41, 5.74) is 3.41. The summed E-state index contributed by atoms with van der Waals surface area (Å²) in [6, 6.07) is 29.7. The normalized spacial score (nSPS) is 15.2. The molecule has 1 amide bonds. The van der Waals surface area contributed by atoms with Gasteiger partial charge in [-0.2, -0.15) is 13.2 Å². The number of halogens is 3. The monoisotopic (exact) mass is 589 g/mol. The zero-order valence-corrected chi connectivity index (χ0v) is 23.8. The average molecular weight is 590 g/mol. The van der Waals surface area contributed by atoms with Crippen molar-refractivity contribution in [2.45, 2.75) is 31.3 Å². The van der Waals surface area contributed by atoms with Crippen molar-refractivity contribution in [3.05, 3.63) is 120 Å². The highest BCUT2D eigenvalue weighted by atomic mass is 19.4. The predicted molar refractivity (Wildman–Crippen MR) is 162 cm³/mol. The molecule has 1 heterocycles. The van der Waals surface area contributed by atoms with Crippen LogP contribution in [0.25, 0.3) is 11.1 Å². The van der Waals surface area contributed by atoms with Crippen molar-refractivity contribution in [2.75, 3.05) is 37.6 Å². The first-order valence-corrected chi connectivity index (χ1v) is 14.2. The van der Waals surface area contributed by atoms with Crippen LogP contribution in [0.4, 0.5) is 24.5 Å². The second-order valence-electron chi connectivity index (χ2n) is 10.4. The number of anilines is 2. The van der Waals surface area contributed by atoms with Gasteiger partial charge in [0.2, 0.25) is 0 Å². The van der Waals surface area contributed by atoms with Gasteiger partial charge in [0.25, 0.3) is 5.91 Å². The molecular weight excluding hydrogens is 555 g/mol. The first kappa shape index (κ1) is 30.3. The molecule has 1 aliphatic rings. The number of piperidine rings is 1. The number of carbonyl (C=O) groups excluding carboxylic acids is 1. The molecule has 1 unspecified atom stereocenters. The third-order valence-corrected chi connectivity index (χ3v) is 7.50. The number of nitrogens with one attached hydrogen (secondary N) is 2. The Morgan fingerprint density at radius 2 is 1.49 bits per heavy atom. The molecule has 9 heteroatoms. The maximum absolute atomic E-state index is 13.2. The predicted octanol–water partition coefficient (Wildman–Crippen LogP) is 7.82. The van der Waals surface area contributed by atoms with E-state index in [2.05, 4.69) is 27.7 Å². The number of rotatable bonds is 10. The van der Waals surface area contributed by atoms with Crippen LogP contribution in [0.2, 0.25) is 0 Å². The van der Waals surface area contributed by atoms with Crippen molar-refractivity contribution in [2.24, 2.45) is 0 Å². The fourth-order valence-electron chi connectivity index (χ4n) is 5.30. The van der Waals surface area contributed by atoms with E-state index in [0.29, 0.717) is 28.4 Å². The SMILES string of the molecule is COCOC(c1ccccc1)N1CCC(Nc2ccc(NC(=O)c3ccccc3-c3ccc(C(F)(F)F)cc3)cc2)CC1. The number of hydrogen-bond donors (Lipinski definition) is 2. The van der Waals surface area contributed by atoms with Crippen molar-refractivity contribution in [3.8, 4) is 11.1 Å². The van der Waals surface area contributed by atoms with Crippen LogP contribution >= 0.6 is 0 Å². The molecule has 0 bridgehead atoms. The molecule has 1 fully saturated rings. The number of ether oxygens (including phenoxy) is 2. The molecule has 0 radical (unpaired) electrons. The number of methoxy groups -OCH3 is 1. The maximum Gasteiger partial charge on any atom is 0.416 e. The fraction of sp³-hybridized carbons (Fsp3) is 0.265. The van der Waals surface area contributed by atoms with E-state index in [9.17, 15) is 18.0 Å². The number of benzene rings is 4. The Balaban J connectivity index is 1.17. The van der Waals surface area contributed by atoms with Crippen LogP contribution in [0.15, 0.2) is 103 Å². The Kier molecular flexibility index (Phi) is 9.76. The molecule has 224 valence electrons. The molecule has 6 nitrogen and oxygen atoms in total. The standard InChI is InChI=1S/C34H34F3N3O3/c1-42-23-43-33(25-7-3-2-4-8-25)40-21-19-29(20-22-40)38-27-15-17-28(18-16-27)39-32(41)31-10-6-5-9-30(31)24-11-13-26(14-12-24)34(35,36)37/h2-18,29,33,38H,19-23H2,1H3,(H,39,41). The third-order valence-electron chi connectivity index (χ3n) is 7.50. The first-order valence-electron chi connectivity index (χ1n) is 14.2. The summed E-state index contributed by atoms with van der Waals surface area (Å²) in [7, 11) is 1.62. The summed E-state index contributed by atoms with van der Waals surface area (Å²) in [6.07, 6.45) is -2.69. The summed E-state index contributed by atoms with van der Waals surface area (Å²) >= 11 is 0. The van der Waals surface area contributed by atoms with Crippen molar-refractivity contribution in [1.29, 1.82) is 0 Å². The number of hydrogen-bond acceptors (Lipinski definition) is 5. The van der Waals surface area contributed by atoms with E-state index in [1.165, 1.54) is 12.1 Å². The number of likely N-dealkylation sites (tertiary alicyclic amines) is 1. The number of alkyl halides is 3. The molecule has 0 aromatic heterocycles. The second kappa shape index (κ2) is 13.9. The van der Waals surface area contributed by atoms with Crippen LogP contribution in [0, 0.1) is 0 Å². The molecule has 4 aromatic rings. The second-order valence-corrected chi connectivity index (χ2v) is 10.4. The van der Waals surface area contributed by atoms with Crippen LogP contribution in [0.3, 0.4) is 0 Å². The lowest BCUT2D eigenvalue weighted by Crippen LogP contribution is -2.42. The van der Waals surface area contributed by atoms with Gasteiger partial charge in [0.15, 0.2) is 0 Å². The molecule has 0 aliphatic carbocycles. The molecule has 0 spiro atoms. The van der Waals surface area contributed by atoms with E-state index >= 15 is 0 Å². The van der Waals surface area contributed by atoms with Gasteiger partial charge in [-0.25, -0.2) is 0 Å². The van der Waals surface area contributed by atoms with Gasteiger partial charge >= 0.3 is 6.18 Å². The maximum atomic E-state index is 13.2. The highest BCUT2D eigenvalue weighted by Gasteiger charge is 2.30. The lowest BCUT2D eigenvalue weighted by molar-refractivity contribution is -0.139. The van der Waals surface area contributed by atoms with Crippen molar-refractivity contribution < 1.29 is 27.4 Å². The Bertz CT molecular complexity index is 1470. The summed E-state index contributed by atoms with van der Waals surface area (Å²) in [5, 5.41) is 6.50. The number of amides is 1. The average Bonchev–Trinajstić information content (AvgIpc) is 3.03. The minimum atomic E-state index is -4.42. The molecule has 4 aromatic carbocycles. The van der Waals surface area contributed by atoms with Gasteiger partial charge in [-0.3, -0.25) is 9.69 Å². The number of carbonyl (C=O) groups is 1. The Morgan fingerprint density at radius 1 is 0.860 bits per heavy atom. The van der Waals surface area contributed by atoms with E-state index in [1.807, 2.05) is 42.5 Å². The van der Waals surface area contributed by atoms with Crippen molar-refractivity contribution in [1.82, 2.24) is 4.90 Å². The topological polar surface area (TPSA) is 62.8 Å². The van der Waals surface area contributed by atoms with E-state index in [0.717, 1.165) is 49.3 Å². The van der Waals surface area contributed by atoms with Gasteiger partial charge in [-0.15, -0.1) is 0 Å². The van der Waals surface area contributed by atoms with Gasteiger partial charge in [0.1, 0.15) is 13.0 Å². The molecule has 43 heavy (non-hydrogen) atoms. The quantitative estimate of drug-likeness (QED) is 0.185. The van der Waals surface area contributed by atoms with E-state index in [-0.39, 0.29) is 18.9 Å². The number of nitrogens with zero attached hydrogens (tertiary/aromatic N) is 1. The Hall–Kier alpha value is -4.18. The lowest BCUT2D eigenvalue weighted by Gasteiger charge is -2.37. The molecule has 2 N–H and O–H groups in total. The van der Waals surface area contributed by atoms with Crippen LogP contribution in [0.1, 0.15) is 40.6 Å². The zero-order chi connectivity index (χ0) is 30.2. The van der Waals surface area contributed by atoms with Crippen LogP contribution in [-0.4, -0.2) is 43.8 Å². The zero-order valence-electron chi connectivity index (χ0n) is 23.8. The van der Waals surface area contributed by atoms with Crippen LogP contribution in [-0.2, 0) is 15.7 Å². The van der Waals surface area contributed by atoms with Gasteiger partial charge < -0.3 is 20.1 Å². The van der Waals surface area contributed by atoms with E-state index in [1.54, 1.807) is 31.4 Å². The van der Waals surface area contributed by atoms with Crippen molar-refractivity contribution in [3.63, 3.8) is 0 Å². The molecule has 0 saturated carbocycles. The Labute approximate surface area is 249 Å². The van der Waals surface area contributed by atoms with E-state index in [4.69, 9.17) is 9.47 Å². The summed E-state index contributed by atoms with van der Waals surface area (Å²) in [5.74, 6) is -0.341. The molecule has 1 atom stereocenters. The van der Waals surface area contributed by atoms with Crippen LogP contribution in [0.5, 0.6) is 0 Å². The van der Waals surface area contributed by atoms with Crippen molar-refractivity contribution >= 4 is 17.3 Å².